The Kier molecular flexibility index (Phi) is 10.5. The number of hydrogen-bond acceptors (Lipinski definition) is 1. The third-order valence-electron chi connectivity index (χ3n) is 7.05. The summed E-state index contributed by atoms with van der Waals surface area (Å²) >= 11 is 0. The largest absolute Gasteiger partial charge is 0.387 e. The molecular formula is C23H46NO+. The van der Waals surface area contributed by atoms with E-state index in [4.69, 9.17) is 0 Å². The van der Waals surface area contributed by atoms with Gasteiger partial charge in [-0.25, -0.2) is 0 Å². The normalized spacial score (nSPS) is 28.6. The van der Waals surface area contributed by atoms with E-state index in [2.05, 4.69) is 6.92 Å². The smallest absolute Gasteiger partial charge is 0.106 e. The van der Waals surface area contributed by atoms with Crippen molar-refractivity contribution in [3.63, 3.8) is 0 Å². The van der Waals surface area contributed by atoms with E-state index in [0.29, 0.717) is 5.92 Å². The van der Waals surface area contributed by atoms with Crippen molar-refractivity contribution >= 4 is 0 Å². The molecule has 0 aliphatic carbocycles. The molecule has 0 spiro atoms. The summed E-state index contributed by atoms with van der Waals surface area (Å²) in [5.74, 6) is 0.636. The summed E-state index contributed by atoms with van der Waals surface area (Å²) in [6.07, 6.45) is 22.7. The summed E-state index contributed by atoms with van der Waals surface area (Å²) in [6.45, 7) is 7.38. The molecule has 0 amide bonds. The number of rotatable bonds is 15. The molecule has 3 heterocycles. The van der Waals surface area contributed by atoms with Crippen LogP contribution in [0.2, 0.25) is 0 Å². The molecular weight excluding hydrogens is 306 g/mol. The van der Waals surface area contributed by atoms with Gasteiger partial charge < -0.3 is 9.59 Å². The van der Waals surface area contributed by atoms with Crippen molar-refractivity contribution in [1.29, 1.82) is 0 Å². The lowest BCUT2D eigenvalue weighted by molar-refractivity contribution is -0.946. The van der Waals surface area contributed by atoms with E-state index in [0.717, 1.165) is 6.54 Å². The minimum absolute atomic E-state index is 0.00847. The molecule has 0 radical (unpaired) electrons. The maximum Gasteiger partial charge on any atom is 0.106 e. The molecule has 3 aliphatic rings. The molecule has 3 rings (SSSR count). The summed E-state index contributed by atoms with van der Waals surface area (Å²) in [5, 5.41) is 10.2. The quantitative estimate of drug-likeness (QED) is 0.280. The van der Waals surface area contributed by atoms with Crippen molar-refractivity contribution in [2.45, 2.75) is 116 Å². The monoisotopic (exact) mass is 352 g/mol. The van der Waals surface area contributed by atoms with Crippen molar-refractivity contribution < 1.29 is 9.59 Å². The molecule has 25 heavy (non-hydrogen) atoms. The van der Waals surface area contributed by atoms with Crippen molar-refractivity contribution in [2.75, 3.05) is 26.2 Å². The van der Waals surface area contributed by atoms with Crippen LogP contribution in [-0.4, -0.2) is 41.9 Å². The van der Waals surface area contributed by atoms with Crippen LogP contribution < -0.4 is 0 Å². The highest BCUT2D eigenvalue weighted by Crippen LogP contribution is 2.34. The van der Waals surface area contributed by atoms with Gasteiger partial charge in [0.15, 0.2) is 0 Å². The maximum atomic E-state index is 10.2. The lowest BCUT2D eigenvalue weighted by atomic mass is 9.83. The second-order valence-corrected chi connectivity index (χ2v) is 9.20. The number of hydrogen-bond donors (Lipinski definition) is 1. The highest BCUT2D eigenvalue weighted by Gasteiger charge is 2.44. The summed E-state index contributed by atoms with van der Waals surface area (Å²) in [7, 11) is 0. The van der Waals surface area contributed by atoms with E-state index in [-0.39, 0.29) is 6.10 Å². The van der Waals surface area contributed by atoms with Crippen LogP contribution >= 0.6 is 0 Å². The summed E-state index contributed by atoms with van der Waals surface area (Å²) in [6, 6.07) is 0. The van der Waals surface area contributed by atoms with Crippen molar-refractivity contribution in [3.05, 3.63) is 0 Å². The van der Waals surface area contributed by atoms with Gasteiger partial charge in [0, 0.05) is 18.8 Å². The fourth-order valence-corrected chi connectivity index (χ4v) is 5.21. The molecule has 2 nitrogen and oxygen atoms in total. The van der Waals surface area contributed by atoms with E-state index in [9.17, 15) is 5.11 Å². The first-order chi connectivity index (χ1) is 12.3. The predicted octanol–water partition coefficient (Wildman–Crippen LogP) is 6.07. The van der Waals surface area contributed by atoms with Crippen LogP contribution in [0.1, 0.15) is 110 Å². The molecule has 3 saturated heterocycles. The molecule has 0 aromatic heterocycles. The third kappa shape index (κ3) is 7.99. The lowest BCUT2D eigenvalue weighted by Crippen LogP contribution is -2.63. The number of unbranched alkanes of at least 4 members (excludes halogenated alkanes) is 13. The van der Waals surface area contributed by atoms with E-state index in [1.165, 1.54) is 127 Å². The summed E-state index contributed by atoms with van der Waals surface area (Å²) in [5.41, 5.74) is 0. The minimum Gasteiger partial charge on any atom is -0.387 e. The molecule has 3 aliphatic heterocycles. The molecule has 2 heteroatoms. The van der Waals surface area contributed by atoms with Crippen molar-refractivity contribution in [1.82, 2.24) is 0 Å². The van der Waals surface area contributed by atoms with E-state index < -0.39 is 0 Å². The van der Waals surface area contributed by atoms with Gasteiger partial charge in [-0.15, -0.1) is 0 Å². The second-order valence-electron chi connectivity index (χ2n) is 9.20. The van der Waals surface area contributed by atoms with Gasteiger partial charge in [0.05, 0.1) is 19.6 Å². The number of aliphatic hydroxyl groups excluding tert-OH is 1. The molecule has 0 unspecified atom stereocenters. The Hall–Kier alpha value is -0.0800. The van der Waals surface area contributed by atoms with Crippen LogP contribution in [-0.2, 0) is 0 Å². The zero-order chi connectivity index (χ0) is 17.8. The highest BCUT2D eigenvalue weighted by molar-refractivity contribution is 4.79. The first-order valence-electron chi connectivity index (χ1n) is 11.8. The van der Waals surface area contributed by atoms with Crippen LogP contribution in [0.15, 0.2) is 0 Å². The van der Waals surface area contributed by atoms with Gasteiger partial charge in [-0.05, 0) is 12.8 Å². The third-order valence-corrected chi connectivity index (χ3v) is 7.05. The van der Waals surface area contributed by atoms with E-state index in [1.807, 2.05) is 0 Å². The van der Waals surface area contributed by atoms with Crippen molar-refractivity contribution in [3.8, 4) is 0 Å². The topological polar surface area (TPSA) is 20.2 Å². The lowest BCUT2D eigenvalue weighted by Gasteiger charge is -2.51. The zero-order valence-corrected chi connectivity index (χ0v) is 17.2. The minimum atomic E-state index is 0.00847. The Morgan fingerprint density at radius 2 is 1.12 bits per heavy atom. The Balaban J connectivity index is 1.33. The van der Waals surface area contributed by atoms with Crippen LogP contribution in [0.25, 0.3) is 0 Å². The molecule has 2 bridgehead atoms. The first kappa shape index (κ1) is 21.2. The van der Waals surface area contributed by atoms with Gasteiger partial charge in [0.2, 0.25) is 0 Å². The number of piperidine rings is 3. The number of nitrogens with zero attached hydrogens (tertiary/aromatic N) is 1. The number of quaternary nitrogens is 1. The van der Waals surface area contributed by atoms with Gasteiger partial charge in [-0.1, -0.05) is 84.0 Å². The summed E-state index contributed by atoms with van der Waals surface area (Å²) < 4.78 is 1.25. The van der Waals surface area contributed by atoms with Crippen LogP contribution in [0.4, 0.5) is 0 Å². The average Bonchev–Trinajstić information content (AvgIpc) is 2.63. The highest BCUT2D eigenvalue weighted by atomic mass is 16.3. The molecule has 1 N–H and O–H groups in total. The van der Waals surface area contributed by atoms with Gasteiger partial charge >= 0.3 is 0 Å². The molecule has 0 saturated carbocycles. The standard InChI is InChI=1S/C23H46NO/c1-2-3-4-5-6-7-8-9-10-11-12-13-14-15-18-24-19-16-22(17-20-24)23(25)21-24/h22-23,25H,2-21H2,1H3/q+1/t22?,23-,24?/m0/s1. The van der Waals surface area contributed by atoms with Crippen LogP contribution in [0.5, 0.6) is 0 Å². The Morgan fingerprint density at radius 1 is 0.680 bits per heavy atom. The van der Waals surface area contributed by atoms with Crippen molar-refractivity contribution in [2.24, 2.45) is 5.92 Å². The SMILES string of the molecule is CCCCCCCCCCCCCCCC[N+]12CCC(CC1)[C@@H](O)C2. The number of fused-ring (bicyclic) bond motifs is 3. The number of aliphatic hydroxyl groups is 1. The van der Waals surface area contributed by atoms with E-state index >= 15 is 0 Å². The Bertz CT molecular complexity index is 322. The molecule has 0 aromatic carbocycles. The molecule has 148 valence electrons. The average molecular weight is 353 g/mol. The Labute approximate surface area is 158 Å². The van der Waals surface area contributed by atoms with Crippen LogP contribution in [0.3, 0.4) is 0 Å². The van der Waals surface area contributed by atoms with Gasteiger partial charge in [-0.2, -0.15) is 0 Å². The van der Waals surface area contributed by atoms with Gasteiger partial charge in [-0.3, -0.25) is 0 Å². The summed E-state index contributed by atoms with van der Waals surface area (Å²) in [4.78, 5) is 0. The second kappa shape index (κ2) is 12.3. The predicted molar refractivity (Wildman–Crippen MR) is 109 cm³/mol. The fourth-order valence-electron chi connectivity index (χ4n) is 5.21. The fraction of sp³-hybridized carbons (Fsp3) is 1.00. The van der Waals surface area contributed by atoms with Gasteiger partial charge in [0.1, 0.15) is 12.6 Å². The van der Waals surface area contributed by atoms with Gasteiger partial charge in [0.25, 0.3) is 0 Å². The molecule has 3 fully saturated rings. The Morgan fingerprint density at radius 3 is 1.56 bits per heavy atom. The van der Waals surface area contributed by atoms with Crippen LogP contribution in [0, 0.1) is 5.92 Å². The maximum absolute atomic E-state index is 10.2. The zero-order valence-electron chi connectivity index (χ0n) is 17.2. The van der Waals surface area contributed by atoms with E-state index in [1.54, 1.807) is 0 Å². The molecule has 0 aromatic rings. The first-order valence-corrected chi connectivity index (χ1v) is 11.8. The molecule has 1 atom stereocenters.